The number of carbonyl (C=O) groups excluding carboxylic acids is 1. The van der Waals surface area contributed by atoms with Gasteiger partial charge in [0.05, 0.1) is 0 Å². The summed E-state index contributed by atoms with van der Waals surface area (Å²) in [6, 6.07) is 8.98. The van der Waals surface area contributed by atoms with Crippen LogP contribution in [0.5, 0.6) is 0 Å². The molecule has 1 N–H and O–H groups in total. The standard InChI is InChI=1S/C17H17FN4O/c1-12-11-13(15-16(18)20-9-8-19-15)7-10-22(12)17(23)21-14-5-3-2-4-6-14/h2-6,8-9,11-12H,7,10H2,1H3,(H,21,23)/t12-/m1/s1. The van der Waals surface area contributed by atoms with Crippen LogP contribution in [0.4, 0.5) is 14.9 Å². The van der Waals surface area contributed by atoms with Crippen molar-refractivity contribution in [1.29, 1.82) is 0 Å². The average molecular weight is 312 g/mol. The smallest absolute Gasteiger partial charge is 0.318 e. The second-order valence-electron chi connectivity index (χ2n) is 5.37. The normalized spacial score (nSPS) is 17.6. The van der Waals surface area contributed by atoms with Crippen LogP contribution in [0, 0.1) is 5.95 Å². The van der Waals surface area contributed by atoms with Gasteiger partial charge in [-0.15, -0.1) is 0 Å². The molecule has 2 heterocycles. The number of hydrogen-bond acceptors (Lipinski definition) is 3. The van der Waals surface area contributed by atoms with Crippen molar-refractivity contribution in [3.05, 3.63) is 60.4 Å². The van der Waals surface area contributed by atoms with E-state index in [9.17, 15) is 9.18 Å². The van der Waals surface area contributed by atoms with Crippen LogP contribution in [0.25, 0.3) is 5.57 Å². The van der Waals surface area contributed by atoms with E-state index in [-0.39, 0.29) is 17.8 Å². The van der Waals surface area contributed by atoms with Crippen LogP contribution < -0.4 is 5.32 Å². The predicted molar refractivity (Wildman–Crippen MR) is 86.2 cm³/mol. The third kappa shape index (κ3) is 3.36. The summed E-state index contributed by atoms with van der Waals surface area (Å²) in [5.41, 5.74) is 1.80. The molecule has 0 aliphatic carbocycles. The minimum atomic E-state index is -0.576. The molecular formula is C17H17FN4O. The Morgan fingerprint density at radius 2 is 2.00 bits per heavy atom. The lowest BCUT2D eigenvalue weighted by molar-refractivity contribution is 0.202. The van der Waals surface area contributed by atoms with Crippen molar-refractivity contribution in [2.24, 2.45) is 0 Å². The topological polar surface area (TPSA) is 58.1 Å². The predicted octanol–water partition coefficient (Wildman–Crippen LogP) is 3.33. The summed E-state index contributed by atoms with van der Waals surface area (Å²) in [4.78, 5) is 21.8. The molecule has 0 saturated carbocycles. The maximum absolute atomic E-state index is 13.7. The number of rotatable bonds is 2. The molecule has 1 aromatic heterocycles. The van der Waals surface area contributed by atoms with Crippen LogP contribution in [0.3, 0.4) is 0 Å². The van der Waals surface area contributed by atoms with E-state index in [0.29, 0.717) is 13.0 Å². The lowest BCUT2D eigenvalue weighted by atomic mass is 10.0. The highest BCUT2D eigenvalue weighted by molar-refractivity contribution is 5.90. The monoisotopic (exact) mass is 312 g/mol. The van der Waals surface area contributed by atoms with Crippen molar-refractivity contribution in [2.45, 2.75) is 19.4 Å². The number of para-hydroxylation sites is 1. The molecule has 0 fully saturated rings. The van der Waals surface area contributed by atoms with E-state index in [2.05, 4.69) is 15.3 Å². The van der Waals surface area contributed by atoms with Gasteiger partial charge in [0.2, 0.25) is 5.95 Å². The number of hydrogen-bond donors (Lipinski definition) is 1. The van der Waals surface area contributed by atoms with Gasteiger partial charge >= 0.3 is 6.03 Å². The van der Waals surface area contributed by atoms with Gasteiger partial charge in [0.1, 0.15) is 5.69 Å². The molecule has 5 nitrogen and oxygen atoms in total. The first-order valence-electron chi connectivity index (χ1n) is 7.45. The average Bonchev–Trinajstić information content (AvgIpc) is 2.56. The summed E-state index contributed by atoms with van der Waals surface area (Å²) in [7, 11) is 0. The van der Waals surface area contributed by atoms with Crippen LogP contribution in [0.15, 0.2) is 48.8 Å². The van der Waals surface area contributed by atoms with Crippen LogP contribution in [0.1, 0.15) is 19.0 Å². The Kier molecular flexibility index (Phi) is 4.32. The lowest BCUT2D eigenvalue weighted by Crippen LogP contribution is -2.43. The van der Waals surface area contributed by atoms with Crippen LogP contribution in [-0.4, -0.2) is 33.5 Å². The first kappa shape index (κ1) is 15.1. The summed E-state index contributed by atoms with van der Waals surface area (Å²) >= 11 is 0. The fourth-order valence-corrected chi connectivity index (χ4v) is 2.65. The van der Waals surface area contributed by atoms with Crippen LogP contribution in [0.2, 0.25) is 0 Å². The molecule has 1 aromatic carbocycles. The summed E-state index contributed by atoms with van der Waals surface area (Å²) < 4.78 is 13.7. The lowest BCUT2D eigenvalue weighted by Gasteiger charge is -2.32. The van der Waals surface area contributed by atoms with Crippen molar-refractivity contribution >= 4 is 17.3 Å². The number of urea groups is 1. The van der Waals surface area contributed by atoms with Gasteiger partial charge in [-0.2, -0.15) is 4.39 Å². The minimum Gasteiger partial charge on any atom is -0.318 e. The third-order valence-electron chi connectivity index (χ3n) is 3.80. The number of anilines is 1. The molecule has 1 atom stereocenters. The molecule has 3 rings (SSSR count). The fourth-order valence-electron chi connectivity index (χ4n) is 2.65. The largest absolute Gasteiger partial charge is 0.322 e. The second-order valence-corrected chi connectivity index (χ2v) is 5.37. The Bertz CT molecular complexity index is 732. The summed E-state index contributed by atoms with van der Waals surface area (Å²) in [6.45, 7) is 2.40. The van der Waals surface area contributed by atoms with Crippen LogP contribution >= 0.6 is 0 Å². The highest BCUT2D eigenvalue weighted by Crippen LogP contribution is 2.25. The third-order valence-corrected chi connectivity index (χ3v) is 3.80. The van der Waals surface area contributed by atoms with E-state index in [0.717, 1.165) is 11.3 Å². The first-order valence-corrected chi connectivity index (χ1v) is 7.45. The van der Waals surface area contributed by atoms with Gasteiger partial charge in [-0.3, -0.25) is 4.98 Å². The molecular weight excluding hydrogens is 295 g/mol. The molecule has 1 aliphatic heterocycles. The van der Waals surface area contributed by atoms with Gasteiger partial charge < -0.3 is 10.2 Å². The van der Waals surface area contributed by atoms with E-state index < -0.39 is 5.95 Å². The van der Waals surface area contributed by atoms with E-state index in [1.807, 2.05) is 43.3 Å². The van der Waals surface area contributed by atoms with Gasteiger partial charge in [0, 0.05) is 30.7 Å². The zero-order valence-electron chi connectivity index (χ0n) is 12.7. The molecule has 0 unspecified atom stereocenters. The number of nitrogens with zero attached hydrogens (tertiary/aromatic N) is 3. The first-order chi connectivity index (χ1) is 11.1. The fraction of sp³-hybridized carbons (Fsp3) is 0.235. The van der Waals surface area contributed by atoms with E-state index in [1.54, 1.807) is 4.90 Å². The van der Waals surface area contributed by atoms with Crippen LogP contribution in [-0.2, 0) is 0 Å². The number of benzene rings is 1. The molecule has 2 aromatic rings. The molecule has 23 heavy (non-hydrogen) atoms. The highest BCUT2D eigenvalue weighted by Gasteiger charge is 2.25. The van der Waals surface area contributed by atoms with Gasteiger partial charge in [0.25, 0.3) is 0 Å². The molecule has 118 valence electrons. The Morgan fingerprint density at radius 1 is 1.26 bits per heavy atom. The number of nitrogens with one attached hydrogen (secondary N) is 1. The molecule has 1 aliphatic rings. The van der Waals surface area contributed by atoms with Crippen molar-refractivity contribution < 1.29 is 9.18 Å². The van der Waals surface area contributed by atoms with Crippen molar-refractivity contribution in [3.8, 4) is 0 Å². The maximum Gasteiger partial charge on any atom is 0.322 e. The molecule has 6 heteroatoms. The zero-order chi connectivity index (χ0) is 16.2. The molecule has 0 radical (unpaired) electrons. The minimum absolute atomic E-state index is 0.149. The number of aromatic nitrogens is 2. The van der Waals surface area contributed by atoms with E-state index in [1.165, 1.54) is 12.4 Å². The SMILES string of the molecule is C[C@@H]1C=C(c2nccnc2F)CCN1C(=O)Nc1ccccc1. The van der Waals surface area contributed by atoms with Gasteiger partial charge in [-0.05, 0) is 31.1 Å². The van der Waals surface area contributed by atoms with Gasteiger partial charge in [-0.25, -0.2) is 9.78 Å². The van der Waals surface area contributed by atoms with E-state index >= 15 is 0 Å². The Labute approximate surface area is 133 Å². The van der Waals surface area contributed by atoms with E-state index in [4.69, 9.17) is 0 Å². The van der Waals surface area contributed by atoms with Gasteiger partial charge in [-0.1, -0.05) is 24.3 Å². The highest BCUT2D eigenvalue weighted by atomic mass is 19.1. The van der Waals surface area contributed by atoms with Crippen molar-refractivity contribution in [3.63, 3.8) is 0 Å². The number of carbonyl (C=O) groups is 1. The molecule has 0 saturated heterocycles. The molecule has 0 spiro atoms. The zero-order valence-corrected chi connectivity index (χ0v) is 12.7. The van der Waals surface area contributed by atoms with Crippen molar-refractivity contribution in [1.82, 2.24) is 14.9 Å². The maximum atomic E-state index is 13.7. The summed E-state index contributed by atoms with van der Waals surface area (Å²) in [5.74, 6) is -0.576. The number of amides is 2. The second kappa shape index (κ2) is 6.56. The van der Waals surface area contributed by atoms with Crippen molar-refractivity contribution in [2.75, 3.05) is 11.9 Å². The Morgan fingerprint density at radius 3 is 2.70 bits per heavy atom. The summed E-state index contributed by atoms with van der Waals surface area (Å²) in [5, 5.41) is 2.86. The van der Waals surface area contributed by atoms with Gasteiger partial charge in [0.15, 0.2) is 0 Å². The Hall–Kier alpha value is -2.76. The quantitative estimate of drug-likeness (QED) is 0.925. The Balaban J connectivity index is 1.73. The summed E-state index contributed by atoms with van der Waals surface area (Å²) in [6.07, 6.45) is 5.20. The number of halogens is 1. The molecule has 0 bridgehead atoms. The molecule has 2 amide bonds.